The number of benzene rings is 3. The van der Waals surface area contributed by atoms with E-state index in [1.54, 1.807) is 43.5 Å². The summed E-state index contributed by atoms with van der Waals surface area (Å²) in [5.74, 6) is 0.190. The van der Waals surface area contributed by atoms with E-state index < -0.39 is 47.9 Å². The maximum atomic E-state index is 12.6. The molecule has 46 heavy (non-hydrogen) atoms. The lowest BCUT2D eigenvalue weighted by Gasteiger charge is -2.58. The van der Waals surface area contributed by atoms with E-state index in [9.17, 15) is 30.3 Å². The average molecular weight is 639 g/mol. The molecular formula is C32H34N2O12. The minimum atomic E-state index is -2.47. The van der Waals surface area contributed by atoms with Crippen molar-refractivity contribution in [3.05, 3.63) is 59.7 Å². The highest BCUT2D eigenvalue weighted by atomic mass is 16.7. The van der Waals surface area contributed by atoms with Gasteiger partial charge in [-0.25, -0.2) is 4.79 Å². The van der Waals surface area contributed by atoms with E-state index in [1.807, 2.05) is 6.07 Å². The number of phenolic OH excluding ortho intramolecular Hbond substituents is 1. The maximum absolute atomic E-state index is 12.6. The normalized spacial score (nSPS) is 32.2. The van der Waals surface area contributed by atoms with E-state index in [1.165, 1.54) is 20.2 Å². The van der Waals surface area contributed by atoms with Crippen molar-refractivity contribution in [2.45, 2.75) is 47.9 Å². The summed E-state index contributed by atoms with van der Waals surface area (Å²) in [5, 5.41) is 59.5. The molecule has 244 valence electrons. The summed E-state index contributed by atoms with van der Waals surface area (Å²) < 4.78 is 35.9. The lowest BCUT2D eigenvalue weighted by atomic mass is 9.74. The van der Waals surface area contributed by atoms with E-state index in [2.05, 4.69) is 10.6 Å². The van der Waals surface area contributed by atoms with Gasteiger partial charge >= 0.3 is 5.97 Å². The van der Waals surface area contributed by atoms with Crippen LogP contribution < -0.4 is 34.3 Å². The maximum Gasteiger partial charge on any atom is 0.340 e. The third kappa shape index (κ3) is 4.22. The Morgan fingerprint density at radius 2 is 1.91 bits per heavy atom. The van der Waals surface area contributed by atoms with Crippen LogP contribution in [0.3, 0.4) is 0 Å². The average Bonchev–Trinajstić information content (AvgIpc) is 3.43. The van der Waals surface area contributed by atoms with Crippen LogP contribution in [0.15, 0.2) is 48.5 Å². The lowest BCUT2D eigenvalue weighted by Crippen LogP contribution is -2.87. The number of carboxylic acids is 1. The number of piperidine rings is 1. The van der Waals surface area contributed by atoms with Crippen LogP contribution in [0.25, 0.3) is 11.1 Å². The number of ether oxygens (including phenoxy) is 6. The molecule has 14 heteroatoms. The first kappa shape index (κ1) is 30.3. The minimum absolute atomic E-state index is 0.00975. The fourth-order valence-corrected chi connectivity index (χ4v) is 7.07. The number of aromatic hydroxyl groups is 1. The summed E-state index contributed by atoms with van der Waals surface area (Å²) >= 11 is 0. The van der Waals surface area contributed by atoms with E-state index in [4.69, 9.17) is 28.4 Å². The number of aliphatic hydroxyl groups is 3. The van der Waals surface area contributed by atoms with E-state index in [0.29, 0.717) is 39.7 Å². The molecule has 0 saturated carbocycles. The smallest absolute Gasteiger partial charge is 0.340 e. The molecule has 8 atom stereocenters. The number of nitrogens with one attached hydrogen (secondary N) is 2. The van der Waals surface area contributed by atoms with Gasteiger partial charge in [0.05, 0.1) is 32.8 Å². The largest absolute Gasteiger partial charge is 0.508 e. The van der Waals surface area contributed by atoms with E-state index in [0.717, 1.165) is 5.56 Å². The van der Waals surface area contributed by atoms with Crippen molar-refractivity contribution < 1.29 is 58.7 Å². The van der Waals surface area contributed by atoms with Gasteiger partial charge < -0.3 is 59.3 Å². The molecule has 7 N–H and O–H groups in total. The van der Waals surface area contributed by atoms with Crippen molar-refractivity contribution in [3.63, 3.8) is 0 Å². The van der Waals surface area contributed by atoms with Crippen LogP contribution in [0, 0.1) is 0 Å². The van der Waals surface area contributed by atoms with Gasteiger partial charge in [-0.05, 0) is 42.4 Å². The predicted molar refractivity (Wildman–Crippen MR) is 158 cm³/mol. The minimum Gasteiger partial charge on any atom is -0.508 e. The lowest BCUT2D eigenvalue weighted by molar-refractivity contribution is -0.362. The highest BCUT2D eigenvalue weighted by molar-refractivity contribution is 5.81. The third-order valence-electron chi connectivity index (χ3n) is 9.40. The number of phenols is 1. The van der Waals surface area contributed by atoms with Crippen molar-refractivity contribution in [1.29, 1.82) is 0 Å². The molecule has 3 aromatic carbocycles. The van der Waals surface area contributed by atoms with Crippen molar-refractivity contribution >= 4 is 5.97 Å². The molecule has 0 aliphatic carbocycles. The number of hydrogen-bond donors (Lipinski definition) is 7. The zero-order valence-corrected chi connectivity index (χ0v) is 25.1. The highest BCUT2D eigenvalue weighted by Crippen LogP contribution is 2.58. The van der Waals surface area contributed by atoms with Crippen molar-refractivity contribution in [3.8, 4) is 45.6 Å². The van der Waals surface area contributed by atoms with Gasteiger partial charge in [0.1, 0.15) is 29.5 Å². The second kappa shape index (κ2) is 10.9. The molecule has 14 nitrogen and oxygen atoms in total. The van der Waals surface area contributed by atoms with Crippen LogP contribution in [0.4, 0.5) is 0 Å². The van der Waals surface area contributed by atoms with E-state index >= 15 is 0 Å². The fourth-order valence-electron chi connectivity index (χ4n) is 7.07. The molecule has 2 bridgehead atoms. The van der Waals surface area contributed by atoms with E-state index in [-0.39, 0.29) is 30.6 Å². The number of likely N-dealkylation sites (N-methyl/N-ethyl adjacent to an activating group) is 1. The molecule has 0 radical (unpaired) electrons. The molecule has 4 aliphatic heterocycles. The number of carboxylic acid groups (broad SMARTS) is 1. The van der Waals surface area contributed by atoms with Gasteiger partial charge in [-0.2, -0.15) is 0 Å². The number of aliphatic hydroxyl groups excluding tert-OH is 2. The number of fused-ring (bicyclic) bond motifs is 7. The van der Waals surface area contributed by atoms with Crippen molar-refractivity contribution in [2.75, 3.05) is 34.4 Å². The zero-order valence-electron chi connectivity index (χ0n) is 25.1. The molecule has 3 aromatic rings. The van der Waals surface area contributed by atoms with Gasteiger partial charge in [-0.15, -0.1) is 0 Å². The Hall–Kier alpha value is -4.31. The first-order valence-corrected chi connectivity index (χ1v) is 14.7. The fraction of sp³-hybridized carbons (Fsp3) is 0.406. The first-order valence-electron chi connectivity index (χ1n) is 14.7. The quantitative estimate of drug-likeness (QED) is 0.192. The topological polar surface area (TPSA) is 198 Å². The molecule has 0 unspecified atom stereocenters. The van der Waals surface area contributed by atoms with Crippen molar-refractivity contribution in [1.82, 2.24) is 10.6 Å². The predicted octanol–water partition coefficient (Wildman–Crippen LogP) is 0.846. The summed E-state index contributed by atoms with van der Waals surface area (Å²) in [6, 6.07) is 12.4. The Balaban J connectivity index is 1.32. The first-order chi connectivity index (χ1) is 22.1. The number of aliphatic carboxylic acids is 1. The van der Waals surface area contributed by atoms with Gasteiger partial charge in [0.15, 0.2) is 23.3 Å². The molecule has 0 aromatic heterocycles. The highest BCUT2D eigenvalue weighted by Gasteiger charge is 2.71. The van der Waals surface area contributed by atoms with Crippen LogP contribution >= 0.6 is 0 Å². The van der Waals surface area contributed by atoms with Crippen LogP contribution in [0.1, 0.15) is 23.1 Å². The van der Waals surface area contributed by atoms with Crippen molar-refractivity contribution in [2.24, 2.45) is 0 Å². The second-order valence-electron chi connectivity index (χ2n) is 11.7. The number of carbonyl (C=O) groups is 1. The Bertz CT molecular complexity index is 1700. The number of rotatable bonds is 7. The monoisotopic (exact) mass is 638 g/mol. The van der Waals surface area contributed by atoms with Crippen LogP contribution in [-0.2, 0) is 9.53 Å². The Labute approximate surface area is 263 Å². The zero-order chi connectivity index (χ0) is 32.5. The molecule has 4 aliphatic rings. The van der Waals surface area contributed by atoms with Gasteiger partial charge in [0.2, 0.25) is 17.6 Å². The Kier molecular flexibility index (Phi) is 7.19. The second-order valence-corrected chi connectivity index (χ2v) is 11.7. The summed E-state index contributed by atoms with van der Waals surface area (Å²) in [6.45, 7) is 0.101. The molecule has 0 spiro atoms. The van der Waals surface area contributed by atoms with Gasteiger partial charge in [0.25, 0.3) is 0 Å². The summed E-state index contributed by atoms with van der Waals surface area (Å²) in [5.41, 5.74) is -2.16. The molecule has 7 rings (SSSR count). The van der Waals surface area contributed by atoms with Gasteiger partial charge in [-0.3, -0.25) is 5.32 Å². The molecular weight excluding hydrogens is 604 g/mol. The van der Waals surface area contributed by atoms with Crippen LogP contribution in [0.2, 0.25) is 0 Å². The number of methoxy groups -OCH3 is 2. The van der Waals surface area contributed by atoms with Gasteiger partial charge in [0, 0.05) is 23.7 Å². The molecule has 2 saturated heterocycles. The van der Waals surface area contributed by atoms with Gasteiger partial charge in [-0.1, -0.05) is 18.2 Å². The number of hydrogen-bond acceptors (Lipinski definition) is 13. The molecule has 2 fully saturated rings. The summed E-state index contributed by atoms with van der Waals surface area (Å²) in [7, 11) is 4.56. The SMILES string of the molecule is CN[C@H]1CN[C@]2(O)[C@@H](O)[C@H](Oc3cc4c(c(-c5cccc(O)c5)c3)[C@@H]3Oc5c(ccc(OC)c5OC)[C@H]3CO4)O[C@]1(C(=O)O)[C@H]2O. The van der Waals surface area contributed by atoms with Crippen LogP contribution in [-0.4, -0.2) is 102 Å². The Morgan fingerprint density at radius 3 is 2.61 bits per heavy atom. The van der Waals surface area contributed by atoms with Crippen LogP contribution in [0.5, 0.6) is 34.5 Å². The molecule has 0 amide bonds. The molecule has 4 heterocycles. The third-order valence-corrected chi connectivity index (χ3v) is 9.40. The Morgan fingerprint density at radius 1 is 1.11 bits per heavy atom. The summed E-state index contributed by atoms with van der Waals surface area (Å²) in [6.07, 6.45) is -6.24. The standard InChI is InChI=1S/C32H34N2O12/c1-33-22-12-34-32(40)27(36)28(46-31(22,29(32)37)30(38)39)44-16-10-18(14-5-4-6-15(35)9-14)23-21(11-16)43-13-19-17-7-8-20(41-2)26(42-3)25(17)45-24(19)23/h4-11,19,22,24,27-29,33-37,40H,12-13H2,1-3H3,(H,38,39)/t19-,22+,24-,27+,28-,29-,31+,32+/m1/s1. The summed E-state index contributed by atoms with van der Waals surface area (Å²) in [4.78, 5) is 12.6.